The number of carbonyl (C=O) groups is 4. The summed E-state index contributed by atoms with van der Waals surface area (Å²) in [5.74, 6) is -2.52. The third-order valence-electron chi connectivity index (χ3n) is 5.14. The van der Waals surface area contributed by atoms with Crippen LogP contribution in [0.25, 0.3) is 0 Å². The normalized spacial score (nSPS) is 14.1. The molecule has 1 atom stereocenters. The van der Waals surface area contributed by atoms with Gasteiger partial charge in [-0.3, -0.25) is 19.3 Å². The second-order valence-corrected chi connectivity index (χ2v) is 7.69. The molecule has 0 aromatic heterocycles. The fourth-order valence-corrected chi connectivity index (χ4v) is 3.59. The molecular formula is C24H25NO5. The van der Waals surface area contributed by atoms with E-state index < -0.39 is 30.4 Å². The monoisotopic (exact) mass is 407 g/mol. The van der Waals surface area contributed by atoms with Gasteiger partial charge in [-0.25, -0.2) is 4.79 Å². The largest absolute Gasteiger partial charge is 0.456 e. The quantitative estimate of drug-likeness (QED) is 0.379. The second kappa shape index (κ2) is 9.03. The molecule has 0 bridgehead atoms. The Hall–Kier alpha value is -3.28. The molecule has 0 N–H and O–H groups in total. The predicted octanol–water partition coefficient (Wildman–Crippen LogP) is 3.69. The Kier molecular flexibility index (Phi) is 6.45. The van der Waals surface area contributed by atoms with Crippen molar-refractivity contribution in [3.8, 4) is 0 Å². The zero-order chi connectivity index (χ0) is 21.8. The third kappa shape index (κ3) is 4.17. The summed E-state index contributed by atoms with van der Waals surface area (Å²) in [5.41, 5.74) is 2.12. The number of carbonyl (C=O) groups excluding carboxylic acids is 4. The van der Waals surface area contributed by atoms with Gasteiger partial charge in [0.05, 0.1) is 11.1 Å². The molecule has 2 aromatic carbocycles. The minimum Gasteiger partial charge on any atom is -0.456 e. The Morgan fingerprint density at radius 2 is 1.50 bits per heavy atom. The van der Waals surface area contributed by atoms with Gasteiger partial charge in [-0.1, -0.05) is 63.6 Å². The molecule has 0 radical (unpaired) electrons. The molecule has 156 valence electrons. The van der Waals surface area contributed by atoms with Crippen molar-refractivity contribution in [1.29, 1.82) is 0 Å². The van der Waals surface area contributed by atoms with Gasteiger partial charge >= 0.3 is 5.97 Å². The minimum atomic E-state index is -1.10. The first-order valence-electron chi connectivity index (χ1n) is 10.1. The Labute approximate surface area is 175 Å². The number of amides is 2. The summed E-state index contributed by atoms with van der Waals surface area (Å²) in [6, 6.07) is 12.5. The molecule has 30 heavy (non-hydrogen) atoms. The smallest absolute Gasteiger partial charge is 0.330 e. The number of ketones is 1. The molecule has 0 unspecified atom stereocenters. The van der Waals surface area contributed by atoms with Gasteiger partial charge in [-0.2, -0.15) is 0 Å². The molecule has 0 aliphatic carbocycles. The SMILES string of the molecule is CCCc1ccc(C(=O)COC(=O)[C@@H](C(C)C)N2C(=O)c3ccccc3C2=O)cc1. The number of hydrogen-bond donors (Lipinski definition) is 0. The van der Waals surface area contributed by atoms with Gasteiger partial charge in [0.2, 0.25) is 0 Å². The van der Waals surface area contributed by atoms with E-state index in [-0.39, 0.29) is 22.8 Å². The molecule has 6 nitrogen and oxygen atoms in total. The third-order valence-corrected chi connectivity index (χ3v) is 5.14. The highest BCUT2D eigenvalue weighted by molar-refractivity contribution is 6.22. The number of rotatable bonds is 8. The zero-order valence-electron chi connectivity index (χ0n) is 17.4. The molecule has 1 aliphatic rings. The molecule has 0 spiro atoms. The van der Waals surface area contributed by atoms with Gasteiger partial charge in [0.15, 0.2) is 12.4 Å². The van der Waals surface area contributed by atoms with Crippen LogP contribution in [0.4, 0.5) is 0 Å². The highest BCUT2D eigenvalue weighted by atomic mass is 16.5. The molecule has 6 heteroatoms. The molecule has 1 heterocycles. The molecule has 0 saturated heterocycles. The van der Waals surface area contributed by atoms with E-state index in [2.05, 4.69) is 6.92 Å². The van der Waals surface area contributed by atoms with Crippen molar-refractivity contribution >= 4 is 23.6 Å². The van der Waals surface area contributed by atoms with E-state index in [1.165, 1.54) is 0 Å². The predicted molar refractivity (Wildman–Crippen MR) is 111 cm³/mol. The summed E-state index contributed by atoms with van der Waals surface area (Å²) in [7, 11) is 0. The summed E-state index contributed by atoms with van der Waals surface area (Å²) >= 11 is 0. The number of nitrogens with zero attached hydrogens (tertiary/aromatic N) is 1. The summed E-state index contributed by atoms with van der Waals surface area (Å²) in [4.78, 5) is 51.6. The van der Waals surface area contributed by atoms with Crippen molar-refractivity contribution in [1.82, 2.24) is 4.90 Å². The summed E-state index contributed by atoms with van der Waals surface area (Å²) in [5, 5.41) is 0. The molecule has 2 aromatic rings. The molecule has 0 saturated carbocycles. The van der Waals surface area contributed by atoms with E-state index in [1.54, 1.807) is 50.2 Å². The van der Waals surface area contributed by atoms with E-state index in [1.807, 2.05) is 12.1 Å². The Balaban J connectivity index is 1.70. The lowest BCUT2D eigenvalue weighted by Gasteiger charge is -2.27. The van der Waals surface area contributed by atoms with Gasteiger partial charge in [0.25, 0.3) is 11.8 Å². The zero-order valence-corrected chi connectivity index (χ0v) is 17.4. The van der Waals surface area contributed by atoms with Crippen LogP contribution in [0.5, 0.6) is 0 Å². The van der Waals surface area contributed by atoms with Crippen LogP contribution in [-0.4, -0.2) is 41.1 Å². The average Bonchev–Trinajstić information content (AvgIpc) is 2.98. The molecule has 0 fully saturated rings. The van der Waals surface area contributed by atoms with Gasteiger partial charge in [0, 0.05) is 5.56 Å². The maximum Gasteiger partial charge on any atom is 0.330 e. The fraction of sp³-hybridized carbons (Fsp3) is 0.333. The summed E-state index contributed by atoms with van der Waals surface area (Å²) in [6.45, 7) is 5.09. The highest BCUT2D eigenvalue weighted by Crippen LogP contribution is 2.27. The first-order chi connectivity index (χ1) is 14.3. The van der Waals surface area contributed by atoms with E-state index in [4.69, 9.17) is 4.74 Å². The number of ether oxygens (including phenoxy) is 1. The topological polar surface area (TPSA) is 80.8 Å². The van der Waals surface area contributed by atoms with Gasteiger partial charge in [-0.05, 0) is 30.0 Å². The lowest BCUT2D eigenvalue weighted by Crippen LogP contribution is -2.49. The lowest BCUT2D eigenvalue weighted by atomic mass is 10.0. The Morgan fingerprint density at radius 1 is 0.933 bits per heavy atom. The van der Waals surface area contributed by atoms with E-state index >= 15 is 0 Å². The van der Waals surface area contributed by atoms with Crippen LogP contribution < -0.4 is 0 Å². The van der Waals surface area contributed by atoms with Crippen LogP contribution in [0.3, 0.4) is 0 Å². The number of aryl methyl sites for hydroxylation is 1. The first-order valence-corrected chi connectivity index (χ1v) is 10.1. The van der Waals surface area contributed by atoms with Crippen molar-refractivity contribution in [3.05, 3.63) is 70.8 Å². The number of hydrogen-bond acceptors (Lipinski definition) is 5. The van der Waals surface area contributed by atoms with Crippen molar-refractivity contribution < 1.29 is 23.9 Å². The fourth-order valence-electron chi connectivity index (χ4n) is 3.59. The number of fused-ring (bicyclic) bond motifs is 1. The van der Waals surface area contributed by atoms with Crippen LogP contribution in [0, 0.1) is 5.92 Å². The minimum absolute atomic E-state index is 0.268. The van der Waals surface area contributed by atoms with Crippen LogP contribution >= 0.6 is 0 Å². The molecule has 2 amide bonds. The van der Waals surface area contributed by atoms with Crippen molar-refractivity contribution in [2.75, 3.05) is 6.61 Å². The second-order valence-electron chi connectivity index (χ2n) is 7.69. The molecule has 1 aliphatic heterocycles. The molecule has 3 rings (SSSR count). The Bertz CT molecular complexity index is 942. The van der Waals surface area contributed by atoms with Gasteiger partial charge in [0.1, 0.15) is 6.04 Å². The maximum absolute atomic E-state index is 12.8. The summed E-state index contributed by atoms with van der Waals surface area (Å²) < 4.78 is 5.23. The number of Topliss-reactive ketones (excluding diaryl/α,β-unsaturated/α-hetero) is 1. The van der Waals surface area contributed by atoms with Gasteiger partial charge in [-0.15, -0.1) is 0 Å². The van der Waals surface area contributed by atoms with Crippen LogP contribution in [-0.2, 0) is 16.0 Å². The van der Waals surface area contributed by atoms with E-state index in [0.717, 1.165) is 23.3 Å². The number of benzene rings is 2. The summed E-state index contributed by atoms with van der Waals surface area (Å²) in [6.07, 6.45) is 1.94. The number of esters is 1. The van der Waals surface area contributed by atoms with Crippen molar-refractivity contribution in [2.24, 2.45) is 5.92 Å². The lowest BCUT2D eigenvalue weighted by molar-refractivity contribution is -0.148. The standard InChI is InChI=1S/C24H25NO5/c1-4-7-16-10-12-17(13-11-16)20(26)14-30-24(29)21(15(2)3)25-22(27)18-8-5-6-9-19(18)23(25)28/h5-6,8-13,15,21H,4,7,14H2,1-3H3/t21-/m1/s1. The average molecular weight is 407 g/mol. The van der Waals surface area contributed by atoms with E-state index in [9.17, 15) is 19.2 Å². The first kappa shape index (κ1) is 21.4. The van der Waals surface area contributed by atoms with E-state index in [0.29, 0.717) is 5.56 Å². The number of imide groups is 1. The van der Waals surface area contributed by atoms with Crippen LogP contribution in [0.1, 0.15) is 63.8 Å². The highest BCUT2D eigenvalue weighted by Gasteiger charge is 2.44. The Morgan fingerprint density at radius 3 is 2.00 bits per heavy atom. The van der Waals surface area contributed by atoms with Gasteiger partial charge < -0.3 is 4.74 Å². The molecular weight excluding hydrogens is 382 g/mol. The van der Waals surface area contributed by atoms with Crippen LogP contribution in [0.2, 0.25) is 0 Å². The maximum atomic E-state index is 12.8. The van der Waals surface area contributed by atoms with Crippen molar-refractivity contribution in [2.45, 2.75) is 39.7 Å². The van der Waals surface area contributed by atoms with Crippen molar-refractivity contribution in [3.63, 3.8) is 0 Å². The van der Waals surface area contributed by atoms with Crippen LogP contribution in [0.15, 0.2) is 48.5 Å².